The summed E-state index contributed by atoms with van der Waals surface area (Å²) in [6, 6.07) is 13.6. The Bertz CT molecular complexity index is 2280. The molecule has 3 heterocycles. The van der Waals surface area contributed by atoms with Gasteiger partial charge in [-0.1, -0.05) is 18.2 Å². The van der Waals surface area contributed by atoms with Gasteiger partial charge in [-0.25, -0.2) is 13.5 Å². The number of carbonyl (C=O) groups is 1. The van der Waals surface area contributed by atoms with Gasteiger partial charge in [0.05, 0.1) is 45.8 Å². The lowest BCUT2D eigenvalue weighted by Gasteiger charge is -2.36. The third-order valence-corrected chi connectivity index (χ3v) is 11.0. The number of likely N-dealkylation sites (N-methyl/N-ethyl adjacent to an activating group) is 1. The maximum atomic E-state index is 15.9. The SMILES string of the molecule is CNCCc1nn(-c2cc(C)c(F)c(C)c2)c(N(C)/C=C\N(C=O)c2ccc3c(cnn3C3CC3)c2F)c1C/C=C/c1cc(C2CCOC(C)(C)C2)ccc1N. The number of allylic oxidation sites excluding steroid dienone is 1. The number of fused-ring (bicyclic) bond motifs is 1. The van der Waals surface area contributed by atoms with E-state index in [0.29, 0.717) is 71.2 Å². The minimum atomic E-state index is -0.514. The number of rotatable bonds is 14. The topological polar surface area (TPSA) is 106 Å². The molecular formula is C44H52F2N8O2. The lowest BCUT2D eigenvalue weighted by Crippen LogP contribution is -2.33. The Kier molecular flexibility index (Phi) is 11.1. The van der Waals surface area contributed by atoms with Gasteiger partial charge in [-0.15, -0.1) is 0 Å². The number of aryl methyl sites for hydroxylation is 2. The van der Waals surface area contributed by atoms with Crippen molar-refractivity contribution in [3.05, 3.63) is 112 Å². The van der Waals surface area contributed by atoms with Crippen molar-refractivity contribution in [3.8, 4) is 5.69 Å². The Morgan fingerprint density at radius 1 is 1.05 bits per heavy atom. The molecule has 1 amide bonds. The fourth-order valence-electron chi connectivity index (χ4n) is 7.84. The van der Waals surface area contributed by atoms with Gasteiger partial charge in [-0.2, -0.15) is 10.2 Å². The molecule has 56 heavy (non-hydrogen) atoms. The minimum Gasteiger partial charge on any atom is -0.398 e. The minimum absolute atomic E-state index is 0.118. The summed E-state index contributed by atoms with van der Waals surface area (Å²) in [6.45, 7) is 9.17. The average molecular weight is 763 g/mol. The molecule has 2 fully saturated rings. The van der Waals surface area contributed by atoms with Crippen LogP contribution in [0.15, 0.2) is 67.1 Å². The van der Waals surface area contributed by atoms with Crippen LogP contribution in [0.2, 0.25) is 0 Å². The van der Waals surface area contributed by atoms with Crippen molar-refractivity contribution < 1.29 is 18.3 Å². The van der Waals surface area contributed by atoms with E-state index in [2.05, 4.69) is 48.5 Å². The maximum absolute atomic E-state index is 15.9. The Labute approximate surface area is 327 Å². The molecule has 0 spiro atoms. The number of nitrogens with one attached hydrogen (secondary N) is 1. The van der Waals surface area contributed by atoms with Crippen molar-refractivity contribution in [1.82, 2.24) is 24.9 Å². The van der Waals surface area contributed by atoms with Crippen LogP contribution < -0.4 is 20.9 Å². The van der Waals surface area contributed by atoms with E-state index in [-0.39, 0.29) is 17.1 Å². The Morgan fingerprint density at radius 2 is 1.82 bits per heavy atom. The monoisotopic (exact) mass is 762 g/mol. The molecule has 1 atom stereocenters. The Balaban J connectivity index is 1.25. The normalized spacial score (nSPS) is 17.0. The summed E-state index contributed by atoms with van der Waals surface area (Å²) in [6.07, 6.45) is 14.6. The van der Waals surface area contributed by atoms with Crippen molar-refractivity contribution in [3.63, 3.8) is 0 Å². The van der Waals surface area contributed by atoms with Crippen molar-refractivity contribution in [1.29, 1.82) is 0 Å². The maximum Gasteiger partial charge on any atom is 0.218 e. The number of hydrogen-bond acceptors (Lipinski definition) is 7. The van der Waals surface area contributed by atoms with Crippen molar-refractivity contribution in [2.75, 3.05) is 42.8 Å². The van der Waals surface area contributed by atoms with Crippen LogP contribution in [-0.2, 0) is 22.4 Å². The van der Waals surface area contributed by atoms with E-state index in [0.717, 1.165) is 54.9 Å². The van der Waals surface area contributed by atoms with Crippen LogP contribution in [0.3, 0.4) is 0 Å². The standard InChI is InChI=1S/C44H52F2N8O2/c1-28-22-34(23-29(2)41(28)45)54-43(51(6)19-20-52(27-55)40-15-14-39-36(42(40)46)26-49-53(39)33-11-12-33)35(38(50-54)16-18-48-5)9-7-8-31-24-30(10-13-37(31)47)32-17-21-56-44(3,4)25-32/h7-8,10,13-15,19-20,22-24,26-27,32-33,48H,9,11-12,16-18,21,25,47H2,1-6H3/b8-7+,20-19-. The molecule has 1 unspecified atom stereocenters. The summed E-state index contributed by atoms with van der Waals surface area (Å²) in [4.78, 5) is 15.6. The first-order chi connectivity index (χ1) is 26.9. The smallest absolute Gasteiger partial charge is 0.218 e. The molecule has 1 aliphatic carbocycles. The number of ether oxygens (including phenoxy) is 1. The van der Waals surface area contributed by atoms with E-state index in [1.165, 1.54) is 22.9 Å². The van der Waals surface area contributed by atoms with E-state index >= 15 is 4.39 Å². The number of carbonyl (C=O) groups excluding carboxylic acids is 1. The van der Waals surface area contributed by atoms with Crippen LogP contribution in [0.4, 0.5) is 26.0 Å². The number of amides is 1. The highest BCUT2D eigenvalue weighted by atomic mass is 19.1. The van der Waals surface area contributed by atoms with Crippen molar-refractivity contribution in [2.24, 2.45) is 0 Å². The molecular weight excluding hydrogens is 711 g/mol. The Morgan fingerprint density at radius 3 is 2.52 bits per heavy atom. The summed E-state index contributed by atoms with van der Waals surface area (Å²) in [5.41, 5.74) is 13.6. The highest BCUT2D eigenvalue weighted by Gasteiger charge is 2.30. The zero-order chi connectivity index (χ0) is 39.7. The number of halogens is 2. The summed E-state index contributed by atoms with van der Waals surface area (Å²) in [5, 5.41) is 13.1. The molecule has 0 radical (unpaired) electrons. The number of nitrogens with zero attached hydrogens (tertiary/aromatic N) is 6. The lowest BCUT2D eigenvalue weighted by molar-refractivity contribution is -0.107. The van der Waals surface area contributed by atoms with Crippen LogP contribution in [0.5, 0.6) is 0 Å². The van der Waals surface area contributed by atoms with Gasteiger partial charge in [0.25, 0.3) is 0 Å². The molecule has 7 rings (SSSR count). The highest BCUT2D eigenvalue weighted by molar-refractivity contribution is 5.88. The summed E-state index contributed by atoms with van der Waals surface area (Å²) in [5.74, 6) is 0.331. The van der Waals surface area contributed by atoms with Gasteiger partial charge in [0.15, 0.2) is 5.82 Å². The van der Waals surface area contributed by atoms with Crippen LogP contribution in [0.1, 0.15) is 85.0 Å². The quantitative estimate of drug-likeness (QED) is 0.0867. The zero-order valence-electron chi connectivity index (χ0n) is 33.2. The van der Waals surface area contributed by atoms with Gasteiger partial charge in [0, 0.05) is 50.3 Å². The first kappa shape index (κ1) is 38.9. The molecule has 1 saturated heterocycles. The molecule has 0 bridgehead atoms. The number of anilines is 3. The van der Waals surface area contributed by atoms with E-state index < -0.39 is 5.82 Å². The highest BCUT2D eigenvalue weighted by Crippen LogP contribution is 2.39. The van der Waals surface area contributed by atoms with Gasteiger partial charge >= 0.3 is 0 Å². The predicted molar refractivity (Wildman–Crippen MR) is 220 cm³/mol. The average Bonchev–Trinajstić information content (AvgIpc) is 3.81. The molecule has 294 valence electrons. The molecule has 2 aromatic heterocycles. The largest absolute Gasteiger partial charge is 0.398 e. The number of benzene rings is 3. The molecule has 2 aliphatic rings. The number of nitrogens with two attached hydrogens (primary N) is 1. The third-order valence-electron chi connectivity index (χ3n) is 11.0. The van der Waals surface area contributed by atoms with Crippen LogP contribution >= 0.6 is 0 Å². The second-order valence-corrected chi connectivity index (χ2v) is 15.8. The number of aromatic nitrogens is 4. The van der Waals surface area contributed by atoms with Crippen LogP contribution in [-0.4, -0.2) is 58.8 Å². The van der Waals surface area contributed by atoms with Gasteiger partial charge in [-0.05, 0) is 131 Å². The van der Waals surface area contributed by atoms with Gasteiger partial charge in [-0.3, -0.25) is 14.4 Å². The molecule has 3 aromatic carbocycles. The summed E-state index contributed by atoms with van der Waals surface area (Å²) >= 11 is 0. The van der Waals surface area contributed by atoms with Crippen LogP contribution in [0, 0.1) is 25.5 Å². The van der Waals surface area contributed by atoms with Gasteiger partial charge in [0.1, 0.15) is 11.6 Å². The summed E-state index contributed by atoms with van der Waals surface area (Å²) in [7, 11) is 3.76. The second-order valence-electron chi connectivity index (χ2n) is 15.8. The van der Waals surface area contributed by atoms with Gasteiger partial charge in [0.2, 0.25) is 6.41 Å². The van der Waals surface area contributed by atoms with Gasteiger partial charge < -0.3 is 20.7 Å². The zero-order valence-corrected chi connectivity index (χ0v) is 33.2. The number of nitrogen functional groups attached to an aromatic ring is 1. The summed E-state index contributed by atoms with van der Waals surface area (Å²) < 4.78 is 40.5. The van der Waals surface area contributed by atoms with Crippen LogP contribution in [0.25, 0.3) is 22.7 Å². The lowest BCUT2D eigenvalue weighted by atomic mass is 9.83. The van der Waals surface area contributed by atoms with Crippen molar-refractivity contribution in [2.45, 2.75) is 83.8 Å². The fraction of sp³-hybridized carbons (Fsp3) is 0.386. The molecule has 5 aromatic rings. The van der Waals surface area contributed by atoms with E-state index in [1.807, 2.05) is 40.5 Å². The molecule has 1 aliphatic heterocycles. The second kappa shape index (κ2) is 16.0. The first-order valence-electron chi connectivity index (χ1n) is 19.4. The first-order valence-corrected chi connectivity index (χ1v) is 19.4. The third kappa shape index (κ3) is 7.99. The Hall–Kier alpha value is -5.33. The number of hydrogen-bond donors (Lipinski definition) is 2. The van der Waals surface area contributed by atoms with E-state index in [4.69, 9.17) is 15.6 Å². The predicted octanol–water partition coefficient (Wildman–Crippen LogP) is 8.29. The molecule has 1 saturated carbocycles. The molecule has 12 heteroatoms. The van der Waals surface area contributed by atoms with E-state index in [1.54, 1.807) is 38.2 Å². The van der Waals surface area contributed by atoms with Crippen molar-refractivity contribution >= 4 is 40.6 Å². The fourth-order valence-corrected chi connectivity index (χ4v) is 7.84. The van der Waals surface area contributed by atoms with E-state index in [9.17, 15) is 9.18 Å². The molecule has 3 N–H and O–H groups in total. The molecule has 10 nitrogen and oxygen atoms in total.